The van der Waals surface area contributed by atoms with Gasteiger partial charge in [-0.2, -0.15) is 9.50 Å². The van der Waals surface area contributed by atoms with Crippen molar-refractivity contribution in [3.05, 3.63) is 36.4 Å². The second kappa shape index (κ2) is 4.61. The minimum atomic E-state index is 0.479. The molecule has 90 valence electrons. The summed E-state index contributed by atoms with van der Waals surface area (Å²) in [6, 6.07) is 11.2. The fourth-order valence-corrected chi connectivity index (χ4v) is 1.98. The Morgan fingerprint density at radius 3 is 2.83 bits per heavy atom. The average Bonchev–Trinajstić information content (AvgIpc) is 2.87. The third-order valence-corrected chi connectivity index (χ3v) is 2.91. The molecule has 2 aromatic heterocycles. The number of rotatable bonds is 3. The Balaban J connectivity index is 2.02. The Bertz CT molecular complexity index is 670. The summed E-state index contributed by atoms with van der Waals surface area (Å²) in [7, 11) is 0. The van der Waals surface area contributed by atoms with E-state index in [1.165, 1.54) is 11.8 Å². The first-order valence-electron chi connectivity index (χ1n) is 5.23. The molecule has 18 heavy (non-hydrogen) atoms. The van der Waals surface area contributed by atoms with Crippen LogP contribution in [0, 0.1) is 0 Å². The number of hydrogen-bond donors (Lipinski definition) is 0. The molecule has 3 aromatic rings. The van der Waals surface area contributed by atoms with Gasteiger partial charge in [-0.05, 0) is 28.8 Å². The van der Waals surface area contributed by atoms with Crippen molar-refractivity contribution < 1.29 is 4.74 Å². The molecule has 0 N–H and O–H groups in total. The SMILES string of the molecule is CSc1nc(Oc2ccccc2)cc2nnnn12. The van der Waals surface area contributed by atoms with Gasteiger partial charge in [-0.1, -0.05) is 30.0 Å². The maximum absolute atomic E-state index is 5.66. The summed E-state index contributed by atoms with van der Waals surface area (Å²) < 4.78 is 7.24. The molecular formula is C11H9N5OS. The number of nitrogens with zero attached hydrogens (tertiary/aromatic N) is 5. The van der Waals surface area contributed by atoms with Crippen LogP contribution >= 0.6 is 11.8 Å². The highest BCUT2D eigenvalue weighted by molar-refractivity contribution is 7.98. The summed E-state index contributed by atoms with van der Waals surface area (Å²) in [6.07, 6.45) is 1.91. The summed E-state index contributed by atoms with van der Waals surface area (Å²) in [6.45, 7) is 0. The molecule has 0 amide bonds. The van der Waals surface area contributed by atoms with Crippen LogP contribution in [0.5, 0.6) is 11.6 Å². The molecule has 6 nitrogen and oxygen atoms in total. The second-order valence-corrected chi connectivity index (χ2v) is 4.22. The van der Waals surface area contributed by atoms with Crippen molar-refractivity contribution in [1.82, 2.24) is 25.0 Å². The third kappa shape index (κ3) is 2.00. The van der Waals surface area contributed by atoms with Gasteiger partial charge >= 0.3 is 0 Å². The van der Waals surface area contributed by atoms with Crippen LogP contribution in [0.25, 0.3) is 5.65 Å². The van der Waals surface area contributed by atoms with Gasteiger partial charge in [-0.25, -0.2) is 0 Å². The number of hydrogen-bond acceptors (Lipinski definition) is 6. The molecule has 0 unspecified atom stereocenters. The summed E-state index contributed by atoms with van der Waals surface area (Å²) in [4.78, 5) is 4.35. The highest BCUT2D eigenvalue weighted by Gasteiger charge is 2.09. The maximum Gasteiger partial charge on any atom is 0.225 e. The van der Waals surface area contributed by atoms with Crippen LogP contribution < -0.4 is 4.74 Å². The van der Waals surface area contributed by atoms with E-state index in [0.29, 0.717) is 16.7 Å². The molecule has 0 atom stereocenters. The van der Waals surface area contributed by atoms with Gasteiger partial charge in [0.25, 0.3) is 0 Å². The first-order valence-corrected chi connectivity index (χ1v) is 6.45. The summed E-state index contributed by atoms with van der Waals surface area (Å²) in [5, 5.41) is 12.0. The Morgan fingerprint density at radius 1 is 1.22 bits per heavy atom. The van der Waals surface area contributed by atoms with Crippen molar-refractivity contribution in [2.75, 3.05) is 6.26 Å². The van der Waals surface area contributed by atoms with E-state index in [9.17, 15) is 0 Å². The maximum atomic E-state index is 5.66. The zero-order valence-electron chi connectivity index (χ0n) is 9.52. The van der Waals surface area contributed by atoms with Crippen molar-refractivity contribution in [2.24, 2.45) is 0 Å². The highest BCUT2D eigenvalue weighted by atomic mass is 32.2. The largest absolute Gasteiger partial charge is 0.439 e. The minimum absolute atomic E-state index is 0.479. The van der Waals surface area contributed by atoms with E-state index in [2.05, 4.69) is 20.5 Å². The standard InChI is InChI=1S/C11H9N5OS/c1-18-11-12-10(7-9-13-14-15-16(9)11)17-8-5-3-2-4-6-8/h2-7H,1H3. The van der Waals surface area contributed by atoms with Crippen LogP contribution in [0.3, 0.4) is 0 Å². The van der Waals surface area contributed by atoms with E-state index in [-0.39, 0.29) is 0 Å². The number of ether oxygens (including phenoxy) is 1. The fraction of sp³-hybridized carbons (Fsp3) is 0.0909. The van der Waals surface area contributed by atoms with Gasteiger partial charge in [-0.15, -0.1) is 5.10 Å². The lowest BCUT2D eigenvalue weighted by atomic mass is 10.3. The number of para-hydroxylation sites is 1. The number of fused-ring (bicyclic) bond motifs is 1. The predicted octanol–water partition coefficient (Wildman–Crippen LogP) is 2.03. The van der Waals surface area contributed by atoms with Crippen molar-refractivity contribution >= 4 is 17.4 Å². The molecule has 0 radical (unpaired) electrons. The Labute approximate surface area is 107 Å². The van der Waals surface area contributed by atoms with Gasteiger partial charge in [0.1, 0.15) is 5.75 Å². The van der Waals surface area contributed by atoms with Crippen molar-refractivity contribution in [3.8, 4) is 11.6 Å². The number of benzene rings is 1. The van der Waals surface area contributed by atoms with E-state index in [0.717, 1.165) is 5.75 Å². The molecule has 0 aliphatic heterocycles. The van der Waals surface area contributed by atoms with E-state index in [1.807, 2.05) is 36.6 Å². The molecule has 2 heterocycles. The van der Waals surface area contributed by atoms with E-state index in [4.69, 9.17) is 4.74 Å². The third-order valence-electron chi connectivity index (χ3n) is 2.28. The van der Waals surface area contributed by atoms with Crippen LogP contribution in [0.15, 0.2) is 41.6 Å². The predicted molar refractivity (Wildman–Crippen MR) is 66.9 cm³/mol. The van der Waals surface area contributed by atoms with E-state index >= 15 is 0 Å². The van der Waals surface area contributed by atoms with Gasteiger partial charge < -0.3 is 4.74 Å². The lowest BCUT2D eigenvalue weighted by Gasteiger charge is -2.05. The van der Waals surface area contributed by atoms with Gasteiger partial charge in [0.05, 0.1) is 0 Å². The molecule has 3 rings (SSSR count). The number of thioether (sulfide) groups is 1. The zero-order chi connectivity index (χ0) is 12.4. The summed E-state index contributed by atoms with van der Waals surface area (Å²) in [5.41, 5.74) is 0.611. The van der Waals surface area contributed by atoms with Crippen LogP contribution in [-0.2, 0) is 0 Å². The lowest BCUT2D eigenvalue weighted by Crippen LogP contribution is -1.98. The molecular weight excluding hydrogens is 250 g/mol. The zero-order valence-corrected chi connectivity index (χ0v) is 10.3. The minimum Gasteiger partial charge on any atom is -0.439 e. The summed E-state index contributed by atoms with van der Waals surface area (Å²) >= 11 is 1.46. The number of aromatic nitrogens is 5. The number of tetrazole rings is 1. The van der Waals surface area contributed by atoms with Gasteiger partial charge in [0, 0.05) is 6.07 Å². The Morgan fingerprint density at radius 2 is 2.06 bits per heavy atom. The van der Waals surface area contributed by atoms with Gasteiger partial charge in [-0.3, -0.25) is 0 Å². The average molecular weight is 259 g/mol. The molecule has 0 fully saturated rings. The van der Waals surface area contributed by atoms with Crippen molar-refractivity contribution in [2.45, 2.75) is 5.16 Å². The van der Waals surface area contributed by atoms with E-state index < -0.39 is 0 Å². The van der Waals surface area contributed by atoms with Crippen LogP contribution in [-0.4, -0.2) is 31.3 Å². The molecule has 0 aliphatic rings. The molecule has 0 aliphatic carbocycles. The van der Waals surface area contributed by atoms with Crippen molar-refractivity contribution in [3.63, 3.8) is 0 Å². The van der Waals surface area contributed by atoms with Gasteiger partial charge in [0.15, 0.2) is 10.8 Å². The fourth-order valence-electron chi connectivity index (χ4n) is 1.50. The summed E-state index contributed by atoms with van der Waals surface area (Å²) in [5.74, 6) is 1.21. The first kappa shape index (κ1) is 11.0. The molecule has 0 saturated heterocycles. The van der Waals surface area contributed by atoms with Crippen molar-refractivity contribution in [1.29, 1.82) is 0 Å². The second-order valence-electron chi connectivity index (χ2n) is 3.45. The molecule has 0 bridgehead atoms. The normalized spacial score (nSPS) is 10.7. The molecule has 7 heteroatoms. The van der Waals surface area contributed by atoms with Crippen LogP contribution in [0.1, 0.15) is 0 Å². The highest BCUT2D eigenvalue weighted by Crippen LogP contribution is 2.22. The van der Waals surface area contributed by atoms with E-state index in [1.54, 1.807) is 10.6 Å². The molecule has 1 aromatic carbocycles. The lowest BCUT2D eigenvalue weighted by molar-refractivity contribution is 0.453. The quantitative estimate of drug-likeness (QED) is 0.529. The van der Waals surface area contributed by atoms with Crippen LogP contribution in [0.4, 0.5) is 0 Å². The monoisotopic (exact) mass is 259 g/mol. The first-order chi connectivity index (χ1) is 8.86. The Kier molecular flexibility index (Phi) is 2.81. The molecule has 0 saturated carbocycles. The Hall–Kier alpha value is -2.15. The molecule has 0 spiro atoms. The smallest absolute Gasteiger partial charge is 0.225 e. The van der Waals surface area contributed by atoms with Gasteiger partial charge in [0.2, 0.25) is 5.88 Å². The topological polar surface area (TPSA) is 65.2 Å². The van der Waals surface area contributed by atoms with Crippen LogP contribution in [0.2, 0.25) is 0 Å².